The largest absolute Gasteiger partial charge is 0.433 e. The molecular formula is C23H15ClF4N6O. The van der Waals surface area contributed by atoms with E-state index >= 15 is 0 Å². The van der Waals surface area contributed by atoms with Crippen molar-refractivity contribution < 1.29 is 22.4 Å². The Bertz CT molecular complexity index is 1420. The highest BCUT2D eigenvalue weighted by molar-refractivity contribution is 6.30. The molecule has 4 aromatic rings. The summed E-state index contributed by atoms with van der Waals surface area (Å²) in [6.07, 6.45) is -2.48. The van der Waals surface area contributed by atoms with Crippen LogP contribution in [0.4, 0.5) is 23.2 Å². The smallest absolute Gasteiger partial charge is 0.325 e. The fourth-order valence-corrected chi connectivity index (χ4v) is 4.02. The number of alkyl halides is 3. The second-order valence-electron chi connectivity index (χ2n) is 8.09. The molecule has 2 N–H and O–H groups in total. The lowest BCUT2D eigenvalue weighted by molar-refractivity contribution is -0.141. The molecule has 0 radical (unpaired) electrons. The van der Waals surface area contributed by atoms with Gasteiger partial charge in [-0.3, -0.25) is 9.78 Å². The van der Waals surface area contributed by atoms with E-state index in [1.165, 1.54) is 18.2 Å². The van der Waals surface area contributed by atoms with Crippen molar-refractivity contribution >= 4 is 23.2 Å². The highest BCUT2D eigenvalue weighted by atomic mass is 35.5. The molecule has 2 aromatic heterocycles. The predicted octanol–water partition coefficient (Wildman–Crippen LogP) is 5.41. The van der Waals surface area contributed by atoms with Crippen molar-refractivity contribution in [3.63, 3.8) is 0 Å². The molecule has 12 heteroatoms. The standard InChI is InChI=1S/C23H15ClF4N6O/c24-17-4-1-13(10-18(17)25)22(6-7-22)21(35)30-14-2-3-15(16(11-14)20-31-33-34-32-20)12-5-8-29-19(9-12)23(26,27)28/h1-5,8-11H,6-7H2,(H,30,35)(H,31,32,33,34). The zero-order chi connectivity index (χ0) is 24.8. The number of hydrogen-bond donors (Lipinski definition) is 2. The molecule has 1 aliphatic rings. The van der Waals surface area contributed by atoms with E-state index in [2.05, 4.69) is 30.9 Å². The van der Waals surface area contributed by atoms with E-state index in [4.69, 9.17) is 11.6 Å². The van der Waals surface area contributed by atoms with E-state index in [1.807, 2.05) is 0 Å². The van der Waals surface area contributed by atoms with Crippen molar-refractivity contribution in [3.8, 4) is 22.5 Å². The molecule has 0 atom stereocenters. The third-order valence-corrected chi connectivity index (χ3v) is 6.19. The molecule has 35 heavy (non-hydrogen) atoms. The van der Waals surface area contributed by atoms with E-state index in [9.17, 15) is 22.4 Å². The van der Waals surface area contributed by atoms with Crippen LogP contribution in [0.2, 0.25) is 5.02 Å². The molecule has 2 aromatic carbocycles. The molecule has 1 saturated carbocycles. The maximum atomic E-state index is 14.0. The van der Waals surface area contributed by atoms with Crippen molar-refractivity contribution in [2.24, 2.45) is 0 Å². The lowest BCUT2D eigenvalue weighted by atomic mass is 9.94. The SMILES string of the molecule is O=C(Nc1ccc(-c2ccnc(C(F)(F)F)c2)c(-c2nn[nH]n2)c1)C1(c2ccc(Cl)c(F)c2)CC1. The van der Waals surface area contributed by atoms with E-state index in [-0.39, 0.29) is 22.3 Å². The van der Waals surface area contributed by atoms with E-state index in [0.717, 1.165) is 12.3 Å². The second kappa shape index (κ2) is 8.42. The summed E-state index contributed by atoms with van der Waals surface area (Å²) in [5.41, 5.74) is -0.0786. The number of pyridine rings is 1. The number of aromatic nitrogens is 5. The molecule has 178 valence electrons. The summed E-state index contributed by atoms with van der Waals surface area (Å²) < 4.78 is 53.6. The van der Waals surface area contributed by atoms with E-state index in [0.29, 0.717) is 35.2 Å². The quantitative estimate of drug-likeness (QED) is 0.356. The van der Waals surface area contributed by atoms with Crippen molar-refractivity contribution in [2.45, 2.75) is 24.4 Å². The van der Waals surface area contributed by atoms with Gasteiger partial charge in [0.15, 0.2) is 0 Å². The molecular weight excluding hydrogens is 488 g/mol. The van der Waals surface area contributed by atoms with E-state index in [1.54, 1.807) is 24.3 Å². The first-order chi connectivity index (χ1) is 16.7. The monoisotopic (exact) mass is 502 g/mol. The third kappa shape index (κ3) is 4.34. The highest BCUT2D eigenvalue weighted by Gasteiger charge is 2.51. The summed E-state index contributed by atoms with van der Waals surface area (Å²) in [7, 11) is 0. The summed E-state index contributed by atoms with van der Waals surface area (Å²) in [4.78, 5) is 16.5. The number of H-pyrrole nitrogens is 1. The number of halogens is 5. The summed E-state index contributed by atoms with van der Waals surface area (Å²) >= 11 is 5.77. The molecule has 0 saturated heterocycles. The number of rotatable bonds is 5. The Kier molecular flexibility index (Phi) is 5.51. The molecule has 0 bridgehead atoms. The maximum Gasteiger partial charge on any atom is 0.433 e. The summed E-state index contributed by atoms with van der Waals surface area (Å²) in [5.74, 6) is -0.820. The van der Waals surface area contributed by atoms with Crippen LogP contribution < -0.4 is 5.32 Å². The number of carbonyl (C=O) groups excluding carboxylic acids is 1. The fraction of sp³-hybridized carbons (Fsp3) is 0.174. The van der Waals surface area contributed by atoms with Gasteiger partial charge in [0, 0.05) is 17.4 Å². The number of hydrogen-bond acceptors (Lipinski definition) is 5. The summed E-state index contributed by atoms with van der Waals surface area (Å²) in [6, 6.07) is 11.3. The van der Waals surface area contributed by atoms with Gasteiger partial charge in [0.2, 0.25) is 11.7 Å². The van der Waals surface area contributed by atoms with Crippen LogP contribution in [-0.2, 0) is 16.4 Å². The van der Waals surface area contributed by atoms with Crippen molar-refractivity contribution in [1.29, 1.82) is 0 Å². The van der Waals surface area contributed by atoms with Gasteiger partial charge in [-0.1, -0.05) is 23.7 Å². The van der Waals surface area contributed by atoms with Crippen LogP contribution in [0.15, 0.2) is 54.7 Å². The zero-order valence-corrected chi connectivity index (χ0v) is 18.5. The second-order valence-corrected chi connectivity index (χ2v) is 8.50. The van der Waals surface area contributed by atoms with Crippen LogP contribution in [0.5, 0.6) is 0 Å². The minimum atomic E-state index is -4.62. The molecule has 1 amide bonds. The van der Waals surface area contributed by atoms with Crippen molar-refractivity contribution in [1.82, 2.24) is 25.6 Å². The Balaban J connectivity index is 1.50. The number of aromatic amines is 1. The van der Waals surface area contributed by atoms with Gasteiger partial charge in [0.25, 0.3) is 0 Å². The molecule has 7 nitrogen and oxygen atoms in total. The average molecular weight is 503 g/mol. The van der Waals surface area contributed by atoms with Gasteiger partial charge in [-0.05, 0) is 71.1 Å². The Morgan fingerprint density at radius 3 is 2.51 bits per heavy atom. The lowest BCUT2D eigenvalue weighted by Gasteiger charge is -2.17. The molecule has 0 spiro atoms. The lowest BCUT2D eigenvalue weighted by Crippen LogP contribution is -2.28. The summed E-state index contributed by atoms with van der Waals surface area (Å²) in [5, 5.41) is 16.5. The molecule has 1 fully saturated rings. The van der Waals surface area contributed by atoms with Crippen LogP contribution >= 0.6 is 11.6 Å². The van der Waals surface area contributed by atoms with Gasteiger partial charge in [0.1, 0.15) is 11.5 Å². The highest BCUT2D eigenvalue weighted by Crippen LogP contribution is 2.49. The molecule has 0 aliphatic heterocycles. The zero-order valence-electron chi connectivity index (χ0n) is 17.7. The van der Waals surface area contributed by atoms with Crippen LogP contribution in [0, 0.1) is 5.82 Å². The van der Waals surface area contributed by atoms with Gasteiger partial charge in [0.05, 0.1) is 10.4 Å². The number of nitrogens with one attached hydrogen (secondary N) is 2. The predicted molar refractivity (Wildman–Crippen MR) is 119 cm³/mol. The number of tetrazole rings is 1. The minimum absolute atomic E-state index is 0.0323. The maximum absolute atomic E-state index is 14.0. The first kappa shape index (κ1) is 22.9. The van der Waals surface area contributed by atoms with Gasteiger partial charge in [-0.15, -0.1) is 10.2 Å². The Hall–Kier alpha value is -3.86. The molecule has 5 rings (SSSR count). The van der Waals surface area contributed by atoms with Gasteiger partial charge < -0.3 is 5.32 Å². The number of nitrogens with zero attached hydrogens (tertiary/aromatic N) is 4. The molecule has 0 unspecified atom stereocenters. The Morgan fingerprint density at radius 2 is 1.86 bits per heavy atom. The van der Waals surface area contributed by atoms with Gasteiger partial charge in [-0.2, -0.15) is 18.4 Å². The fourth-order valence-electron chi connectivity index (χ4n) is 3.90. The number of anilines is 1. The number of amides is 1. The van der Waals surface area contributed by atoms with Gasteiger partial charge in [-0.25, -0.2) is 4.39 Å². The van der Waals surface area contributed by atoms with Crippen molar-refractivity contribution in [2.75, 3.05) is 5.32 Å². The Labute approximate surface area is 200 Å². The minimum Gasteiger partial charge on any atom is -0.325 e. The average Bonchev–Trinajstić information content (AvgIpc) is 3.46. The van der Waals surface area contributed by atoms with Crippen LogP contribution in [0.1, 0.15) is 24.1 Å². The topological polar surface area (TPSA) is 96.5 Å². The van der Waals surface area contributed by atoms with Crippen LogP contribution in [0.25, 0.3) is 22.5 Å². The molecule has 2 heterocycles. The first-order valence-electron chi connectivity index (χ1n) is 10.4. The first-order valence-corrected chi connectivity index (χ1v) is 10.7. The Morgan fingerprint density at radius 1 is 1.06 bits per heavy atom. The van der Waals surface area contributed by atoms with E-state index < -0.39 is 23.1 Å². The van der Waals surface area contributed by atoms with Crippen LogP contribution in [0.3, 0.4) is 0 Å². The third-order valence-electron chi connectivity index (χ3n) is 5.88. The normalized spacial score (nSPS) is 14.5. The van der Waals surface area contributed by atoms with Crippen LogP contribution in [-0.4, -0.2) is 31.5 Å². The number of carbonyl (C=O) groups is 1. The number of benzene rings is 2. The molecule has 1 aliphatic carbocycles. The van der Waals surface area contributed by atoms with Gasteiger partial charge >= 0.3 is 6.18 Å². The van der Waals surface area contributed by atoms with Crippen molar-refractivity contribution in [3.05, 3.63) is 76.8 Å². The summed E-state index contributed by atoms with van der Waals surface area (Å²) in [6.45, 7) is 0.